The van der Waals surface area contributed by atoms with Crippen LogP contribution in [0.2, 0.25) is 0 Å². The van der Waals surface area contributed by atoms with Crippen LogP contribution >= 0.6 is 0 Å². The fraction of sp³-hybridized carbons (Fsp3) is 0. The van der Waals surface area contributed by atoms with Gasteiger partial charge in [-0.25, -0.2) is 0 Å². The second-order valence-electron chi connectivity index (χ2n) is 6.46. The fourth-order valence-electron chi connectivity index (χ4n) is 3.21. The summed E-state index contributed by atoms with van der Waals surface area (Å²) in [6, 6.07) is 44.0. The molecule has 0 spiro atoms. The molecule has 0 aliphatic heterocycles. The molecule has 0 unspecified atom stereocenters. The predicted octanol–water partition coefficient (Wildman–Crippen LogP) is 4.68. The summed E-state index contributed by atoms with van der Waals surface area (Å²) in [4.78, 5) is 0. The molecule has 2 heteroatoms. The number of fused-ring (bicyclic) bond motifs is 3. The van der Waals surface area contributed by atoms with E-state index in [9.17, 15) is 0 Å². The molecule has 140 valence electrons. The molecule has 0 bridgehead atoms. The van der Waals surface area contributed by atoms with E-state index >= 15 is 0 Å². The zero-order valence-corrected chi connectivity index (χ0v) is 20.9. The first-order valence-corrected chi connectivity index (χ1v) is 9.21. The summed E-state index contributed by atoms with van der Waals surface area (Å²) in [5, 5.41) is 7.99. The van der Waals surface area contributed by atoms with Crippen molar-refractivity contribution in [3.63, 3.8) is 0 Å². The summed E-state index contributed by atoms with van der Waals surface area (Å²) in [5.41, 5.74) is 0. The average molecular weight is 619 g/mol. The first kappa shape index (κ1) is 23.1. The summed E-state index contributed by atoms with van der Waals surface area (Å²) < 4.78 is 0. The van der Waals surface area contributed by atoms with Gasteiger partial charge in [0.1, 0.15) is 0 Å². The van der Waals surface area contributed by atoms with Crippen molar-refractivity contribution >= 4 is 32.3 Å². The molecule has 0 aromatic heterocycles. The van der Waals surface area contributed by atoms with Gasteiger partial charge in [-0.15, -0.1) is 89.0 Å². The summed E-state index contributed by atoms with van der Waals surface area (Å²) in [7, 11) is 0. The van der Waals surface area contributed by atoms with E-state index in [1.54, 1.807) is 0 Å². The molecular formula is C27H21ClU. The van der Waals surface area contributed by atoms with Gasteiger partial charge < -0.3 is 12.4 Å². The summed E-state index contributed by atoms with van der Waals surface area (Å²) in [6.07, 6.45) is 0. The summed E-state index contributed by atoms with van der Waals surface area (Å²) in [6.45, 7) is 0. The molecule has 6 rings (SSSR count). The van der Waals surface area contributed by atoms with Gasteiger partial charge in [0, 0.05) is 0 Å². The third-order valence-corrected chi connectivity index (χ3v) is 4.64. The Hall–Kier alpha value is -2.17. The van der Waals surface area contributed by atoms with E-state index in [2.05, 4.69) is 127 Å². The molecule has 0 atom stereocenters. The van der Waals surface area contributed by atoms with Crippen LogP contribution in [-0.2, 0) is 0 Å². The smallest absolute Gasteiger partial charge is 1.00 e. The van der Waals surface area contributed by atoms with Crippen molar-refractivity contribution in [1.82, 2.24) is 0 Å². The Morgan fingerprint density at radius 1 is 0.379 bits per heavy atom. The van der Waals surface area contributed by atoms with Crippen molar-refractivity contribution in [3.05, 3.63) is 127 Å². The largest absolute Gasteiger partial charge is 4.00 e. The Labute approximate surface area is 202 Å². The normalized spacial score (nSPS) is 9.52. The molecule has 0 saturated heterocycles. The topological polar surface area (TPSA) is 0 Å². The third kappa shape index (κ3) is 6.15. The summed E-state index contributed by atoms with van der Waals surface area (Å²) in [5.74, 6) is 0. The zero-order valence-electron chi connectivity index (χ0n) is 16.0. The molecule has 0 amide bonds. The van der Waals surface area contributed by atoms with Gasteiger partial charge in [0.25, 0.3) is 0 Å². The maximum Gasteiger partial charge on any atom is 4.00 e. The van der Waals surface area contributed by atoms with Crippen LogP contribution in [0, 0.1) is 31.1 Å². The number of benzene rings is 3. The molecule has 6 aromatic carbocycles. The molecule has 0 aliphatic rings. The zero-order chi connectivity index (χ0) is 18.3. The Bertz CT molecular complexity index is 991. The van der Waals surface area contributed by atoms with Gasteiger partial charge in [-0.1, -0.05) is 18.2 Å². The first-order chi connectivity index (χ1) is 13.4. The van der Waals surface area contributed by atoms with E-state index in [1.165, 1.54) is 32.3 Å². The van der Waals surface area contributed by atoms with E-state index in [4.69, 9.17) is 0 Å². The molecule has 6 aromatic rings. The minimum atomic E-state index is 0. The first-order valence-electron chi connectivity index (χ1n) is 9.21. The quantitative estimate of drug-likeness (QED) is 0.217. The minimum Gasteiger partial charge on any atom is -1.00 e. The fourth-order valence-corrected chi connectivity index (χ4v) is 3.21. The Morgan fingerprint density at radius 2 is 0.655 bits per heavy atom. The van der Waals surface area contributed by atoms with Crippen LogP contribution in [-0.4, -0.2) is 0 Å². The van der Waals surface area contributed by atoms with Crippen molar-refractivity contribution in [3.8, 4) is 0 Å². The Balaban J connectivity index is 0.000000150. The van der Waals surface area contributed by atoms with Gasteiger partial charge in [0.2, 0.25) is 0 Å². The molecule has 0 heterocycles. The van der Waals surface area contributed by atoms with E-state index in [0.717, 1.165) is 0 Å². The third-order valence-electron chi connectivity index (χ3n) is 4.64. The van der Waals surface area contributed by atoms with Crippen LogP contribution in [0.1, 0.15) is 0 Å². The summed E-state index contributed by atoms with van der Waals surface area (Å²) >= 11 is 0. The van der Waals surface area contributed by atoms with Crippen LogP contribution in [0.3, 0.4) is 0 Å². The van der Waals surface area contributed by atoms with Gasteiger partial charge in [0.15, 0.2) is 0 Å². The van der Waals surface area contributed by atoms with Crippen LogP contribution in [0.15, 0.2) is 127 Å². The molecule has 0 nitrogen and oxygen atoms in total. The van der Waals surface area contributed by atoms with Crippen molar-refractivity contribution < 1.29 is 43.5 Å². The average Bonchev–Trinajstić information content (AvgIpc) is 3.48. The van der Waals surface area contributed by atoms with Crippen LogP contribution < -0.4 is 12.4 Å². The maximum atomic E-state index is 2.12. The Morgan fingerprint density at radius 3 is 0.931 bits per heavy atom. The second kappa shape index (κ2) is 11.7. The van der Waals surface area contributed by atoms with Crippen molar-refractivity contribution in [2.24, 2.45) is 0 Å². The number of hydrogen-bond acceptors (Lipinski definition) is 0. The van der Waals surface area contributed by atoms with E-state index in [0.29, 0.717) is 0 Å². The minimum absolute atomic E-state index is 0. The van der Waals surface area contributed by atoms with Gasteiger partial charge in [0.05, 0.1) is 0 Å². The number of hydrogen-bond donors (Lipinski definition) is 0. The maximum absolute atomic E-state index is 2.12. The molecular weight excluding hydrogens is 598 g/mol. The van der Waals surface area contributed by atoms with Crippen LogP contribution in [0.5, 0.6) is 0 Å². The molecule has 0 aliphatic carbocycles. The van der Waals surface area contributed by atoms with Crippen LogP contribution in [0.4, 0.5) is 0 Å². The van der Waals surface area contributed by atoms with Crippen LogP contribution in [0.25, 0.3) is 32.3 Å². The van der Waals surface area contributed by atoms with Gasteiger partial charge in [-0.2, -0.15) is 52.6 Å². The van der Waals surface area contributed by atoms with Crippen molar-refractivity contribution in [1.29, 1.82) is 0 Å². The predicted molar refractivity (Wildman–Crippen MR) is 119 cm³/mol. The molecule has 0 radical (unpaired) electrons. The van der Waals surface area contributed by atoms with Gasteiger partial charge in [-0.05, 0) is 0 Å². The number of halogens is 1. The molecule has 29 heavy (non-hydrogen) atoms. The van der Waals surface area contributed by atoms with Crippen molar-refractivity contribution in [2.75, 3.05) is 0 Å². The second-order valence-corrected chi connectivity index (χ2v) is 6.46. The molecule has 0 fully saturated rings. The number of rotatable bonds is 0. The van der Waals surface area contributed by atoms with E-state index < -0.39 is 0 Å². The standard InChI is InChI=1S/3C9H7.ClH.U/c3*1-2-5-9-7-3-6-8(9)4-1;;/h3*1-7H;1H;/q3*-1;;+4/p-1. The SMILES string of the molecule is [Cl-].[U+4].c1ccc2[cH-]ccc2c1.c1ccc2[cH-]ccc2c1.c1ccc2[cH-]ccc2c1. The Kier molecular flexibility index (Phi) is 9.36. The van der Waals surface area contributed by atoms with Crippen molar-refractivity contribution in [2.45, 2.75) is 0 Å². The molecule has 0 N–H and O–H groups in total. The monoisotopic (exact) mass is 618 g/mol. The van der Waals surface area contributed by atoms with Gasteiger partial charge >= 0.3 is 31.1 Å². The van der Waals surface area contributed by atoms with E-state index in [1.807, 2.05) is 0 Å². The van der Waals surface area contributed by atoms with E-state index in [-0.39, 0.29) is 43.5 Å². The van der Waals surface area contributed by atoms with Gasteiger partial charge in [-0.3, -0.25) is 0 Å². The molecule has 0 saturated carbocycles.